The predicted molar refractivity (Wildman–Crippen MR) is 77.3 cm³/mol. The number of halogens is 1. The molecule has 94 valence electrons. The standard InChI is InChI=1S/C13H19IN2O/c1-16(2)10-3-5-11(6-4-10)17-12-7-8-13(14)15-9-12/h7-11H,3-6H2,1-2H3. The first-order valence-electron chi connectivity index (χ1n) is 6.10. The SMILES string of the molecule is CN(C)C1CCC(Oc2ccc(I)nc2)CC1. The number of ether oxygens (including phenoxy) is 1. The van der Waals surface area contributed by atoms with Crippen molar-refractivity contribution in [2.75, 3.05) is 14.1 Å². The Hall–Kier alpha value is -0.360. The Bertz CT molecular complexity index is 345. The molecule has 0 N–H and O–H groups in total. The first-order valence-corrected chi connectivity index (χ1v) is 7.17. The zero-order valence-corrected chi connectivity index (χ0v) is 12.6. The second kappa shape index (κ2) is 6.00. The minimum absolute atomic E-state index is 0.369. The van der Waals surface area contributed by atoms with E-state index in [1.54, 1.807) is 0 Å². The molecule has 0 atom stereocenters. The lowest BCUT2D eigenvalue weighted by atomic mass is 9.92. The van der Waals surface area contributed by atoms with Crippen molar-refractivity contribution in [1.82, 2.24) is 9.88 Å². The molecule has 3 nitrogen and oxygen atoms in total. The molecule has 17 heavy (non-hydrogen) atoms. The molecular weight excluding hydrogens is 327 g/mol. The maximum atomic E-state index is 5.95. The topological polar surface area (TPSA) is 25.4 Å². The van der Waals surface area contributed by atoms with Crippen LogP contribution >= 0.6 is 22.6 Å². The lowest BCUT2D eigenvalue weighted by Crippen LogP contribution is -2.35. The zero-order valence-electron chi connectivity index (χ0n) is 10.4. The van der Waals surface area contributed by atoms with Crippen LogP contribution in [0.25, 0.3) is 0 Å². The van der Waals surface area contributed by atoms with Crippen molar-refractivity contribution < 1.29 is 4.74 Å². The van der Waals surface area contributed by atoms with Crippen molar-refractivity contribution in [2.24, 2.45) is 0 Å². The van der Waals surface area contributed by atoms with Crippen LogP contribution in [0.4, 0.5) is 0 Å². The van der Waals surface area contributed by atoms with Crippen LogP contribution in [0, 0.1) is 3.70 Å². The van der Waals surface area contributed by atoms with Crippen LogP contribution in [0.5, 0.6) is 5.75 Å². The van der Waals surface area contributed by atoms with Gasteiger partial charge in [0.05, 0.1) is 12.3 Å². The van der Waals surface area contributed by atoms with Crippen molar-refractivity contribution in [1.29, 1.82) is 0 Å². The molecule has 2 rings (SSSR count). The van der Waals surface area contributed by atoms with Crippen LogP contribution in [0.15, 0.2) is 18.3 Å². The lowest BCUT2D eigenvalue weighted by molar-refractivity contribution is 0.111. The van der Waals surface area contributed by atoms with Gasteiger partial charge in [-0.2, -0.15) is 0 Å². The molecule has 1 aromatic rings. The average Bonchev–Trinajstić information content (AvgIpc) is 2.33. The summed E-state index contributed by atoms with van der Waals surface area (Å²) in [5.41, 5.74) is 0. The third-order valence-electron chi connectivity index (χ3n) is 3.38. The normalized spacial score (nSPS) is 24.9. The number of hydrogen-bond donors (Lipinski definition) is 0. The Morgan fingerprint density at radius 2 is 1.94 bits per heavy atom. The van der Waals surface area contributed by atoms with E-state index in [-0.39, 0.29) is 0 Å². The van der Waals surface area contributed by atoms with Gasteiger partial charge in [-0.25, -0.2) is 4.98 Å². The van der Waals surface area contributed by atoms with Gasteiger partial charge in [0.1, 0.15) is 9.45 Å². The molecule has 0 saturated heterocycles. The van der Waals surface area contributed by atoms with Crippen LogP contribution in [-0.4, -0.2) is 36.1 Å². The van der Waals surface area contributed by atoms with Crippen molar-refractivity contribution in [3.8, 4) is 5.75 Å². The minimum atomic E-state index is 0.369. The van der Waals surface area contributed by atoms with Crippen molar-refractivity contribution in [3.05, 3.63) is 22.0 Å². The fourth-order valence-corrected chi connectivity index (χ4v) is 2.62. The number of aromatic nitrogens is 1. The summed E-state index contributed by atoms with van der Waals surface area (Å²) < 4.78 is 6.96. The van der Waals surface area contributed by atoms with Crippen molar-refractivity contribution in [3.63, 3.8) is 0 Å². The van der Waals surface area contributed by atoms with Crippen LogP contribution in [0.1, 0.15) is 25.7 Å². The molecule has 0 unspecified atom stereocenters. The van der Waals surface area contributed by atoms with Gasteiger partial charge in [-0.15, -0.1) is 0 Å². The Balaban J connectivity index is 1.84. The van der Waals surface area contributed by atoms with E-state index < -0.39 is 0 Å². The van der Waals surface area contributed by atoms with E-state index in [2.05, 4.69) is 46.6 Å². The summed E-state index contributed by atoms with van der Waals surface area (Å²) >= 11 is 2.20. The molecular formula is C13H19IN2O. The van der Waals surface area contributed by atoms with E-state index in [4.69, 9.17) is 4.74 Å². The van der Waals surface area contributed by atoms with Crippen LogP contribution in [0.3, 0.4) is 0 Å². The number of nitrogens with zero attached hydrogens (tertiary/aromatic N) is 2. The summed E-state index contributed by atoms with van der Waals surface area (Å²) in [6, 6.07) is 4.72. The van der Waals surface area contributed by atoms with Gasteiger partial charge in [-0.1, -0.05) is 0 Å². The summed E-state index contributed by atoms with van der Waals surface area (Å²) in [6.45, 7) is 0. The molecule has 1 aliphatic rings. The van der Waals surface area contributed by atoms with Crippen molar-refractivity contribution in [2.45, 2.75) is 37.8 Å². The fourth-order valence-electron chi connectivity index (χ4n) is 2.30. The monoisotopic (exact) mass is 346 g/mol. The second-order valence-corrected chi connectivity index (χ2v) is 5.93. The second-order valence-electron chi connectivity index (χ2n) is 4.83. The molecule has 1 saturated carbocycles. The predicted octanol–water partition coefficient (Wildman–Crippen LogP) is 2.94. The Kier molecular flexibility index (Phi) is 4.62. The van der Waals surface area contributed by atoms with Gasteiger partial charge in [0, 0.05) is 6.04 Å². The molecule has 0 aromatic carbocycles. The first kappa shape index (κ1) is 13.1. The van der Waals surface area contributed by atoms with Crippen LogP contribution in [0.2, 0.25) is 0 Å². The van der Waals surface area contributed by atoms with Gasteiger partial charge in [0.15, 0.2) is 0 Å². The van der Waals surface area contributed by atoms with Gasteiger partial charge in [-0.3, -0.25) is 0 Å². The quantitative estimate of drug-likeness (QED) is 0.622. The highest BCUT2D eigenvalue weighted by Crippen LogP contribution is 2.25. The Labute approximate surface area is 117 Å². The summed E-state index contributed by atoms with van der Waals surface area (Å²) in [7, 11) is 4.32. The van der Waals surface area contributed by atoms with E-state index in [9.17, 15) is 0 Å². The van der Waals surface area contributed by atoms with E-state index >= 15 is 0 Å². The van der Waals surface area contributed by atoms with Gasteiger partial charge in [0.25, 0.3) is 0 Å². The third-order valence-corrected chi connectivity index (χ3v) is 4.02. The molecule has 1 aliphatic carbocycles. The molecule has 1 aromatic heterocycles. The summed E-state index contributed by atoms with van der Waals surface area (Å²) in [4.78, 5) is 6.56. The van der Waals surface area contributed by atoms with Crippen LogP contribution in [-0.2, 0) is 0 Å². The Morgan fingerprint density at radius 1 is 1.24 bits per heavy atom. The molecule has 0 amide bonds. The van der Waals surface area contributed by atoms with Gasteiger partial charge >= 0.3 is 0 Å². The summed E-state index contributed by atoms with van der Waals surface area (Å²) in [6.07, 6.45) is 6.95. The number of pyridine rings is 1. The molecule has 0 bridgehead atoms. The summed E-state index contributed by atoms with van der Waals surface area (Å²) in [5.74, 6) is 0.902. The molecule has 0 spiro atoms. The molecule has 4 heteroatoms. The first-order chi connectivity index (χ1) is 8.15. The number of rotatable bonds is 3. The van der Waals surface area contributed by atoms with Gasteiger partial charge in [0.2, 0.25) is 0 Å². The van der Waals surface area contributed by atoms with Gasteiger partial charge < -0.3 is 9.64 Å². The van der Waals surface area contributed by atoms with Gasteiger partial charge in [-0.05, 0) is 74.5 Å². The van der Waals surface area contributed by atoms with E-state index in [0.29, 0.717) is 6.10 Å². The zero-order chi connectivity index (χ0) is 12.3. The van der Waals surface area contributed by atoms with Crippen molar-refractivity contribution >= 4 is 22.6 Å². The van der Waals surface area contributed by atoms with Crippen LogP contribution < -0.4 is 4.74 Å². The van der Waals surface area contributed by atoms with E-state index in [1.165, 1.54) is 12.8 Å². The third kappa shape index (κ3) is 3.81. The largest absolute Gasteiger partial charge is 0.489 e. The molecule has 0 radical (unpaired) electrons. The molecule has 1 heterocycles. The maximum absolute atomic E-state index is 5.95. The fraction of sp³-hybridized carbons (Fsp3) is 0.615. The maximum Gasteiger partial charge on any atom is 0.138 e. The number of hydrogen-bond acceptors (Lipinski definition) is 3. The molecule has 1 fully saturated rings. The Morgan fingerprint density at radius 3 is 2.47 bits per heavy atom. The smallest absolute Gasteiger partial charge is 0.138 e. The highest BCUT2D eigenvalue weighted by Gasteiger charge is 2.23. The lowest BCUT2D eigenvalue weighted by Gasteiger charge is -2.32. The van der Waals surface area contributed by atoms with E-state index in [1.807, 2.05) is 18.3 Å². The van der Waals surface area contributed by atoms with E-state index in [0.717, 1.165) is 28.3 Å². The molecule has 0 aliphatic heterocycles. The summed E-state index contributed by atoms with van der Waals surface area (Å²) in [5, 5.41) is 0. The average molecular weight is 346 g/mol. The highest BCUT2D eigenvalue weighted by atomic mass is 127. The minimum Gasteiger partial charge on any atom is -0.489 e. The highest BCUT2D eigenvalue weighted by molar-refractivity contribution is 14.1.